The van der Waals surface area contributed by atoms with Crippen molar-refractivity contribution in [2.24, 2.45) is 5.41 Å². The number of methoxy groups -OCH3 is 2. The van der Waals surface area contributed by atoms with Crippen molar-refractivity contribution < 1.29 is 19.1 Å². The van der Waals surface area contributed by atoms with Gasteiger partial charge in [-0.1, -0.05) is 32.9 Å². The molecule has 0 heterocycles. The fourth-order valence-corrected chi connectivity index (χ4v) is 3.30. The number of carbonyl (C=O) groups excluding carboxylic acids is 2. The molecule has 0 radical (unpaired) electrons. The van der Waals surface area contributed by atoms with E-state index >= 15 is 0 Å². The van der Waals surface area contributed by atoms with Gasteiger partial charge in [-0.3, -0.25) is 4.79 Å². The van der Waals surface area contributed by atoms with Gasteiger partial charge in [-0.2, -0.15) is 0 Å². The van der Waals surface area contributed by atoms with E-state index in [2.05, 4.69) is 13.8 Å². The summed E-state index contributed by atoms with van der Waals surface area (Å²) in [5.74, 6) is 0.449. The Balaban J connectivity index is 2.42. The highest BCUT2D eigenvalue weighted by molar-refractivity contribution is 5.91. The van der Waals surface area contributed by atoms with Crippen LogP contribution < -0.4 is 4.74 Å². The maximum Gasteiger partial charge on any atom is 0.335 e. The quantitative estimate of drug-likeness (QED) is 0.719. The van der Waals surface area contributed by atoms with E-state index in [9.17, 15) is 9.59 Å². The van der Waals surface area contributed by atoms with Gasteiger partial charge in [0, 0.05) is 12.1 Å². The Kier molecular flexibility index (Phi) is 6.46. The first-order chi connectivity index (χ1) is 12.3. The minimum Gasteiger partial charge on any atom is -0.497 e. The average molecular weight is 359 g/mol. The van der Waals surface area contributed by atoms with E-state index in [1.807, 2.05) is 31.2 Å². The lowest BCUT2D eigenvalue weighted by Crippen LogP contribution is -2.36. The van der Waals surface area contributed by atoms with Gasteiger partial charge in [0.2, 0.25) is 5.91 Å². The Bertz CT molecular complexity index is 688. The molecule has 0 N–H and O–H groups in total. The number of amides is 1. The second-order valence-corrected chi connectivity index (χ2v) is 7.44. The van der Waals surface area contributed by atoms with E-state index in [-0.39, 0.29) is 17.3 Å². The fraction of sp³-hybridized carbons (Fsp3) is 0.524. The van der Waals surface area contributed by atoms with Crippen molar-refractivity contribution in [2.45, 2.75) is 53.0 Å². The molecule has 5 nitrogen and oxygen atoms in total. The lowest BCUT2D eigenvalue weighted by atomic mass is 9.76. The van der Waals surface area contributed by atoms with Crippen molar-refractivity contribution in [3.8, 4) is 5.75 Å². The molecule has 0 atom stereocenters. The molecule has 26 heavy (non-hydrogen) atoms. The molecule has 1 aliphatic rings. The predicted octanol–water partition coefficient (Wildman–Crippen LogP) is 4.07. The first-order valence-corrected chi connectivity index (χ1v) is 9.05. The molecule has 2 rings (SSSR count). The van der Waals surface area contributed by atoms with Gasteiger partial charge in [-0.05, 0) is 42.4 Å². The minimum absolute atomic E-state index is 0.00919. The van der Waals surface area contributed by atoms with Crippen LogP contribution >= 0.6 is 0 Å². The van der Waals surface area contributed by atoms with Crippen LogP contribution in [0.15, 0.2) is 35.5 Å². The zero-order valence-corrected chi connectivity index (χ0v) is 16.4. The second kappa shape index (κ2) is 8.39. The Morgan fingerprint density at radius 1 is 1.15 bits per heavy atom. The summed E-state index contributed by atoms with van der Waals surface area (Å²) in [7, 11) is 3.02. The largest absolute Gasteiger partial charge is 0.497 e. The van der Waals surface area contributed by atoms with Gasteiger partial charge < -0.3 is 14.4 Å². The number of benzene rings is 1. The van der Waals surface area contributed by atoms with Crippen LogP contribution in [-0.4, -0.2) is 31.0 Å². The number of nitrogens with zero attached hydrogens (tertiary/aromatic N) is 1. The standard InChI is InChI=1S/C21H29NO4/c1-6-19(23)22(14-15-7-9-16(25-4)10-8-15)18-13-21(2,3)12-11-17(18)20(24)26-5/h7-10H,6,11-14H2,1-5H3. The summed E-state index contributed by atoms with van der Waals surface area (Å²) in [4.78, 5) is 26.8. The highest BCUT2D eigenvalue weighted by atomic mass is 16.5. The summed E-state index contributed by atoms with van der Waals surface area (Å²) in [6.07, 6.45) is 2.59. The molecule has 0 aromatic heterocycles. The number of ether oxygens (including phenoxy) is 2. The van der Waals surface area contributed by atoms with Crippen LogP contribution in [0.25, 0.3) is 0 Å². The van der Waals surface area contributed by atoms with Gasteiger partial charge in [0.1, 0.15) is 5.75 Å². The topological polar surface area (TPSA) is 55.8 Å². The number of hydrogen-bond donors (Lipinski definition) is 0. The van der Waals surface area contributed by atoms with Crippen LogP contribution in [-0.2, 0) is 20.9 Å². The van der Waals surface area contributed by atoms with Crippen LogP contribution in [0, 0.1) is 5.41 Å². The smallest absolute Gasteiger partial charge is 0.335 e. The van der Waals surface area contributed by atoms with Crippen molar-refractivity contribution in [1.29, 1.82) is 0 Å². The van der Waals surface area contributed by atoms with E-state index in [4.69, 9.17) is 9.47 Å². The van der Waals surface area contributed by atoms with Crippen molar-refractivity contribution >= 4 is 11.9 Å². The zero-order valence-electron chi connectivity index (χ0n) is 16.4. The monoisotopic (exact) mass is 359 g/mol. The van der Waals surface area contributed by atoms with Gasteiger partial charge in [0.15, 0.2) is 0 Å². The molecule has 0 saturated carbocycles. The van der Waals surface area contributed by atoms with E-state index < -0.39 is 0 Å². The highest BCUT2D eigenvalue weighted by Crippen LogP contribution is 2.41. The Morgan fingerprint density at radius 3 is 2.35 bits per heavy atom. The van der Waals surface area contributed by atoms with Crippen molar-refractivity contribution in [3.05, 3.63) is 41.1 Å². The van der Waals surface area contributed by atoms with E-state index in [1.165, 1.54) is 7.11 Å². The Hall–Kier alpha value is -2.30. The van der Waals surface area contributed by atoms with E-state index in [0.717, 1.165) is 23.4 Å². The number of hydrogen-bond acceptors (Lipinski definition) is 4. The van der Waals surface area contributed by atoms with Gasteiger partial charge in [0.05, 0.1) is 26.3 Å². The van der Waals surface area contributed by atoms with Crippen LogP contribution in [0.1, 0.15) is 52.0 Å². The van der Waals surface area contributed by atoms with Crippen molar-refractivity contribution in [2.75, 3.05) is 14.2 Å². The molecule has 0 saturated heterocycles. The van der Waals surface area contributed by atoms with E-state index in [1.54, 1.807) is 12.0 Å². The molecular formula is C21H29NO4. The fourth-order valence-electron chi connectivity index (χ4n) is 3.30. The molecule has 0 unspecified atom stereocenters. The van der Waals surface area contributed by atoms with Gasteiger partial charge in [-0.25, -0.2) is 4.79 Å². The number of esters is 1. The molecule has 142 valence electrons. The normalized spacial score (nSPS) is 16.2. The second-order valence-electron chi connectivity index (χ2n) is 7.44. The lowest BCUT2D eigenvalue weighted by Gasteiger charge is -2.37. The van der Waals surface area contributed by atoms with Crippen LogP contribution in [0.2, 0.25) is 0 Å². The Morgan fingerprint density at radius 2 is 1.81 bits per heavy atom. The van der Waals surface area contributed by atoms with Gasteiger partial charge in [-0.15, -0.1) is 0 Å². The first kappa shape index (κ1) is 20.0. The lowest BCUT2D eigenvalue weighted by molar-refractivity contribution is -0.136. The van der Waals surface area contributed by atoms with Crippen molar-refractivity contribution in [1.82, 2.24) is 4.90 Å². The highest BCUT2D eigenvalue weighted by Gasteiger charge is 2.34. The molecule has 0 spiro atoms. The summed E-state index contributed by atoms with van der Waals surface area (Å²) in [5.41, 5.74) is 2.46. The molecule has 1 aromatic rings. The van der Waals surface area contributed by atoms with Gasteiger partial charge >= 0.3 is 5.97 Å². The Labute approximate surface area is 156 Å². The number of carbonyl (C=O) groups is 2. The maximum atomic E-state index is 12.7. The number of allylic oxidation sites excluding steroid dienone is 1. The van der Waals surface area contributed by atoms with E-state index in [0.29, 0.717) is 31.4 Å². The number of rotatable bonds is 6. The molecule has 0 bridgehead atoms. The molecule has 0 fully saturated rings. The summed E-state index contributed by atoms with van der Waals surface area (Å²) >= 11 is 0. The van der Waals surface area contributed by atoms with Crippen LogP contribution in [0.3, 0.4) is 0 Å². The first-order valence-electron chi connectivity index (χ1n) is 9.05. The summed E-state index contributed by atoms with van der Waals surface area (Å²) < 4.78 is 10.2. The average Bonchev–Trinajstić information content (AvgIpc) is 2.64. The van der Waals surface area contributed by atoms with Crippen molar-refractivity contribution in [3.63, 3.8) is 0 Å². The van der Waals surface area contributed by atoms with Crippen LogP contribution in [0.5, 0.6) is 5.75 Å². The summed E-state index contributed by atoms with van der Waals surface area (Å²) in [5, 5.41) is 0. The molecule has 1 aliphatic carbocycles. The SMILES string of the molecule is CCC(=O)N(Cc1ccc(OC)cc1)C1=C(C(=O)OC)CCC(C)(C)C1. The zero-order chi connectivity index (χ0) is 19.3. The summed E-state index contributed by atoms with van der Waals surface area (Å²) in [6, 6.07) is 7.65. The third kappa shape index (κ3) is 4.65. The molecule has 1 aromatic carbocycles. The maximum absolute atomic E-state index is 12.7. The van der Waals surface area contributed by atoms with Crippen LogP contribution in [0.4, 0.5) is 0 Å². The third-order valence-electron chi connectivity index (χ3n) is 4.91. The predicted molar refractivity (Wildman–Crippen MR) is 101 cm³/mol. The van der Waals surface area contributed by atoms with Gasteiger partial charge in [0.25, 0.3) is 0 Å². The molecule has 0 aliphatic heterocycles. The third-order valence-corrected chi connectivity index (χ3v) is 4.91. The molecule has 1 amide bonds. The molecule has 5 heteroatoms. The summed E-state index contributed by atoms with van der Waals surface area (Å²) in [6.45, 7) is 6.62. The molecular weight excluding hydrogens is 330 g/mol. The minimum atomic E-state index is -0.334.